The Morgan fingerprint density at radius 1 is 1.60 bits per heavy atom. The van der Waals surface area contributed by atoms with Gasteiger partial charge >= 0.3 is 0 Å². The Morgan fingerprint density at radius 3 is 3.00 bits per heavy atom. The van der Waals surface area contributed by atoms with Gasteiger partial charge in [0.2, 0.25) is 0 Å². The standard InChI is InChI=1S/C8H14N2/c1-10-7-3-2-4-8(10)5-6-9/h8H,2-5,7H2,1H3. The zero-order chi connectivity index (χ0) is 7.40. The van der Waals surface area contributed by atoms with Gasteiger partial charge in [-0.15, -0.1) is 0 Å². The smallest absolute Gasteiger partial charge is 0.0638 e. The molecule has 1 aliphatic rings. The minimum Gasteiger partial charge on any atom is -0.302 e. The number of hydrogen-bond acceptors (Lipinski definition) is 2. The molecule has 0 aromatic carbocycles. The third kappa shape index (κ3) is 1.71. The summed E-state index contributed by atoms with van der Waals surface area (Å²) >= 11 is 0. The molecule has 56 valence electrons. The first-order chi connectivity index (χ1) is 4.84. The fraction of sp³-hybridized carbons (Fsp3) is 0.875. The molecule has 0 bridgehead atoms. The summed E-state index contributed by atoms with van der Waals surface area (Å²) in [4.78, 5) is 2.30. The predicted molar refractivity (Wildman–Crippen MR) is 40.5 cm³/mol. The summed E-state index contributed by atoms with van der Waals surface area (Å²) in [6.45, 7) is 1.17. The molecular weight excluding hydrogens is 124 g/mol. The number of likely N-dealkylation sites (tertiary alicyclic amines) is 1. The van der Waals surface area contributed by atoms with Crippen molar-refractivity contribution in [3.8, 4) is 6.07 Å². The zero-order valence-electron chi connectivity index (χ0n) is 6.51. The molecule has 1 unspecified atom stereocenters. The van der Waals surface area contributed by atoms with Crippen LogP contribution in [0.2, 0.25) is 0 Å². The number of rotatable bonds is 1. The normalized spacial score (nSPS) is 27.8. The Kier molecular flexibility index (Phi) is 2.70. The van der Waals surface area contributed by atoms with Crippen molar-refractivity contribution in [1.29, 1.82) is 5.26 Å². The highest BCUT2D eigenvalue weighted by Crippen LogP contribution is 2.16. The van der Waals surface area contributed by atoms with Gasteiger partial charge in [-0.05, 0) is 26.4 Å². The van der Waals surface area contributed by atoms with Crippen molar-refractivity contribution in [2.24, 2.45) is 0 Å². The van der Waals surface area contributed by atoms with E-state index in [4.69, 9.17) is 5.26 Å². The van der Waals surface area contributed by atoms with Crippen molar-refractivity contribution in [1.82, 2.24) is 4.90 Å². The maximum atomic E-state index is 8.46. The Morgan fingerprint density at radius 2 is 2.40 bits per heavy atom. The maximum absolute atomic E-state index is 8.46. The molecule has 0 saturated carbocycles. The molecule has 2 nitrogen and oxygen atoms in total. The van der Waals surface area contributed by atoms with Crippen molar-refractivity contribution in [3.05, 3.63) is 0 Å². The third-order valence-electron chi connectivity index (χ3n) is 2.25. The molecule has 0 aromatic rings. The molecule has 0 radical (unpaired) electrons. The van der Waals surface area contributed by atoms with E-state index < -0.39 is 0 Å². The van der Waals surface area contributed by atoms with Crippen LogP contribution in [0.25, 0.3) is 0 Å². The van der Waals surface area contributed by atoms with Crippen LogP contribution in [-0.2, 0) is 0 Å². The largest absolute Gasteiger partial charge is 0.302 e. The second-order valence-electron chi connectivity index (χ2n) is 2.99. The molecule has 1 fully saturated rings. The highest BCUT2D eigenvalue weighted by atomic mass is 15.1. The fourth-order valence-corrected chi connectivity index (χ4v) is 1.51. The highest BCUT2D eigenvalue weighted by molar-refractivity contribution is 4.83. The number of piperidine rings is 1. The summed E-state index contributed by atoms with van der Waals surface area (Å²) in [7, 11) is 2.11. The minimum atomic E-state index is 0.541. The lowest BCUT2D eigenvalue weighted by Crippen LogP contribution is -2.35. The minimum absolute atomic E-state index is 0.541. The van der Waals surface area contributed by atoms with Crippen molar-refractivity contribution in [3.63, 3.8) is 0 Å². The Bertz CT molecular complexity index is 137. The van der Waals surface area contributed by atoms with Crippen LogP contribution >= 0.6 is 0 Å². The number of nitriles is 1. The lowest BCUT2D eigenvalue weighted by atomic mass is 10.0. The quantitative estimate of drug-likeness (QED) is 0.547. The van der Waals surface area contributed by atoms with Crippen LogP contribution < -0.4 is 0 Å². The summed E-state index contributed by atoms with van der Waals surface area (Å²) in [5.41, 5.74) is 0. The second kappa shape index (κ2) is 3.58. The van der Waals surface area contributed by atoms with E-state index in [1.807, 2.05) is 0 Å². The molecule has 1 heterocycles. The summed E-state index contributed by atoms with van der Waals surface area (Å²) in [6.07, 6.45) is 4.52. The van der Waals surface area contributed by atoms with Gasteiger partial charge in [0, 0.05) is 6.04 Å². The van der Waals surface area contributed by atoms with Crippen LogP contribution in [-0.4, -0.2) is 24.5 Å². The molecule has 10 heavy (non-hydrogen) atoms. The van der Waals surface area contributed by atoms with E-state index in [1.54, 1.807) is 0 Å². The van der Waals surface area contributed by atoms with Crippen molar-refractivity contribution >= 4 is 0 Å². The molecule has 1 aliphatic heterocycles. The Balaban J connectivity index is 2.34. The van der Waals surface area contributed by atoms with E-state index in [2.05, 4.69) is 18.0 Å². The molecule has 1 saturated heterocycles. The van der Waals surface area contributed by atoms with E-state index in [9.17, 15) is 0 Å². The van der Waals surface area contributed by atoms with Gasteiger partial charge in [0.1, 0.15) is 0 Å². The topological polar surface area (TPSA) is 27.0 Å². The first-order valence-electron chi connectivity index (χ1n) is 3.92. The fourth-order valence-electron chi connectivity index (χ4n) is 1.51. The van der Waals surface area contributed by atoms with E-state index in [1.165, 1.54) is 25.8 Å². The SMILES string of the molecule is CN1CCCCC1CC#N. The molecule has 0 aromatic heterocycles. The average molecular weight is 138 g/mol. The van der Waals surface area contributed by atoms with Gasteiger partial charge in [-0.1, -0.05) is 6.42 Å². The molecule has 2 heteroatoms. The number of nitrogens with zero attached hydrogens (tertiary/aromatic N) is 2. The van der Waals surface area contributed by atoms with Gasteiger partial charge in [-0.25, -0.2) is 0 Å². The first kappa shape index (κ1) is 7.56. The van der Waals surface area contributed by atoms with Crippen LogP contribution in [0.1, 0.15) is 25.7 Å². The highest BCUT2D eigenvalue weighted by Gasteiger charge is 2.17. The zero-order valence-corrected chi connectivity index (χ0v) is 6.51. The molecule has 0 spiro atoms. The molecule has 0 amide bonds. The van der Waals surface area contributed by atoms with Gasteiger partial charge in [0.25, 0.3) is 0 Å². The van der Waals surface area contributed by atoms with Crippen molar-refractivity contribution in [2.75, 3.05) is 13.6 Å². The van der Waals surface area contributed by atoms with E-state index >= 15 is 0 Å². The third-order valence-corrected chi connectivity index (χ3v) is 2.25. The summed E-state index contributed by atoms with van der Waals surface area (Å²) in [6, 6.07) is 2.77. The van der Waals surface area contributed by atoms with Crippen LogP contribution in [0.3, 0.4) is 0 Å². The summed E-state index contributed by atoms with van der Waals surface area (Å²) in [5, 5.41) is 8.46. The van der Waals surface area contributed by atoms with Gasteiger partial charge in [-0.2, -0.15) is 5.26 Å². The van der Waals surface area contributed by atoms with Gasteiger partial charge in [0.05, 0.1) is 12.5 Å². The molecule has 0 aliphatic carbocycles. The Hall–Kier alpha value is -0.550. The van der Waals surface area contributed by atoms with Gasteiger partial charge in [-0.3, -0.25) is 0 Å². The molecular formula is C8H14N2. The molecule has 1 atom stereocenters. The van der Waals surface area contributed by atoms with Gasteiger partial charge in [0.15, 0.2) is 0 Å². The van der Waals surface area contributed by atoms with Crippen LogP contribution in [0.15, 0.2) is 0 Å². The first-order valence-corrected chi connectivity index (χ1v) is 3.92. The average Bonchev–Trinajstić information content (AvgIpc) is 1.94. The summed E-state index contributed by atoms with van der Waals surface area (Å²) < 4.78 is 0. The lowest BCUT2D eigenvalue weighted by Gasteiger charge is -2.30. The predicted octanol–water partition coefficient (Wildman–Crippen LogP) is 1.38. The van der Waals surface area contributed by atoms with Crippen LogP contribution in [0.4, 0.5) is 0 Å². The summed E-state index contributed by atoms with van der Waals surface area (Å²) in [5.74, 6) is 0. The lowest BCUT2D eigenvalue weighted by molar-refractivity contribution is 0.188. The monoisotopic (exact) mass is 138 g/mol. The van der Waals surface area contributed by atoms with Crippen LogP contribution in [0, 0.1) is 11.3 Å². The second-order valence-corrected chi connectivity index (χ2v) is 2.99. The van der Waals surface area contributed by atoms with E-state index in [0.717, 1.165) is 0 Å². The molecule has 1 rings (SSSR count). The number of hydrogen-bond donors (Lipinski definition) is 0. The maximum Gasteiger partial charge on any atom is 0.0638 e. The van der Waals surface area contributed by atoms with Gasteiger partial charge < -0.3 is 4.90 Å². The van der Waals surface area contributed by atoms with Crippen LogP contribution in [0.5, 0.6) is 0 Å². The van der Waals surface area contributed by atoms with Crippen molar-refractivity contribution in [2.45, 2.75) is 31.7 Å². The van der Waals surface area contributed by atoms with E-state index in [-0.39, 0.29) is 0 Å². The van der Waals surface area contributed by atoms with Crippen molar-refractivity contribution < 1.29 is 0 Å². The Labute approximate surface area is 62.4 Å². The van der Waals surface area contributed by atoms with E-state index in [0.29, 0.717) is 12.5 Å². The molecule has 0 N–H and O–H groups in total.